The second-order valence-corrected chi connectivity index (χ2v) is 4.12. The number of methoxy groups -OCH3 is 1. The van der Waals surface area contributed by atoms with Crippen LogP contribution in [-0.2, 0) is 11.3 Å². The molecule has 0 aliphatic carbocycles. The van der Waals surface area contributed by atoms with Gasteiger partial charge in [0.25, 0.3) is 0 Å². The van der Waals surface area contributed by atoms with E-state index >= 15 is 0 Å². The number of carbonyl (C=O) groups is 1. The smallest absolute Gasteiger partial charge is 0.358 e. The number of carbonyl (C=O) groups excluding carboxylic acids is 1. The summed E-state index contributed by atoms with van der Waals surface area (Å²) in [6, 6.07) is 3.83. The zero-order valence-electron chi connectivity index (χ0n) is 11.1. The molecule has 0 saturated heterocycles. The summed E-state index contributed by atoms with van der Waals surface area (Å²) >= 11 is 0. The number of ether oxygens (including phenoxy) is 1. The fraction of sp³-hybridized carbons (Fsp3) is 0.308. The van der Waals surface area contributed by atoms with Crippen LogP contribution in [0.3, 0.4) is 0 Å². The zero-order valence-corrected chi connectivity index (χ0v) is 11.1. The number of nitrogens with zero attached hydrogens (tertiary/aromatic N) is 3. The minimum absolute atomic E-state index is 0.188. The average Bonchev–Trinajstić information content (AvgIpc) is 2.83. The topological polar surface area (TPSA) is 68.5 Å². The fourth-order valence-corrected chi connectivity index (χ4v) is 1.61. The van der Waals surface area contributed by atoms with Gasteiger partial charge in [0.1, 0.15) is 17.3 Å². The van der Waals surface area contributed by atoms with Crippen LogP contribution in [0, 0.1) is 6.92 Å². The fourth-order valence-electron chi connectivity index (χ4n) is 1.61. The van der Waals surface area contributed by atoms with Crippen molar-refractivity contribution in [1.29, 1.82) is 0 Å². The van der Waals surface area contributed by atoms with Crippen molar-refractivity contribution in [2.24, 2.45) is 0 Å². The maximum atomic E-state index is 11.2. The zero-order chi connectivity index (χ0) is 13.8. The first-order valence-electron chi connectivity index (χ1n) is 5.77. The van der Waals surface area contributed by atoms with Gasteiger partial charge < -0.3 is 14.1 Å². The lowest BCUT2D eigenvalue weighted by atomic mass is 10.4. The summed E-state index contributed by atoms with van der Waals surface area (Å²) in [5, 5.41) is 0. The molecule has 100 valence electrons. The number of anilines is 1. The number of hydrogen-bond donors (Lipinski definition) is 0. The lowest BCUT2D eigenvalue weighted by molar-refractivity contribution is 0.0593. The van der Waals surface area contributed by atoms with E-state index in [9.17, 15) is 4.79 Å². The van der Waals surface area contributed by atoms with Crippen molar-refractivity contribution in [3.05, 3.63) is 41.7 Å². The van der Waals surface area contributed by atoms with E-state index in [2.05, 4.69) is 14.7 Å². The van der Waals surface area contributed by atoms with Crippen molar-refractivity contribution in [1.82, 2.24) is 9.97 Å². The van der Waals surface area contributed by atoms with Gasteiger partial charge in [-0.1, -0.05) is 0 Å². The van der Waals surface area contributed by atoms with Crippen molar-refractivity contribution < 1.29 is 13.9 Å². The van der Waals surface area contributed by atoms with Gasteiger partial charge in [-0.2, -0.15) is 0 Å². The van der Waals surface area contributed by atoms with Crippen LogP contribution in [-0.4, -0.2) is 30.1 Å². The molecule has 0 N–H and O–H groups in total. The number of furan rings is 1. The van der Waals surface area contributed by atoms with Crippen LogP contribution in [0.25, 0.3) is 0 Å². The third kappa shape index (κ3) is 3.09. The number of hydrogen-bond acceptors (Lipinski definition) is 6. The highest BCUT2D eigenvalue weighted by Crippen LogP contribution is 2.13. The lowest BCUT2D eigenvalue weighted by Gasteiger charge is -2.16. The molecular weight excluding hydrogens is 246 g/mol. The number of rotatable bonds is 4. The molecule has 2 aromatic heterocycles. The lowest BCUT2D eigenvalue weighted by Crippen LogP contribution is -2.18. The molecule has 0 unspecified atom stereocenters. The molecule has 19 heavy (non-hydrogen) atoms. The Hall–Kier alpha value is -2.37. The van der Waals surface area contributed by atoms with Gasteiger partial charge in [-0.05, 0) is 19.1 Å². The second kappa shape index (κ2) is 5.51. The SMILES string of the molecule is COC(=O)c1cnc(N(C)Cc2ccc(C)o2)cn1. The Morgan fingerprint density at radius 1 is 1.37 bits per heavy atom. The van der Waals surface area contributed by atoms with Gasteiger partial charge in [0, 0.05) is 7.05 Å². The molecule has 0 aromatic carbocycles. The first-order valence-corrected chi connectivity index (χ1v) is 5.77. The Labute approximate surface area is 111 Å². The molecule has 0 atom stereocenters. The largest absolute Gasteiger partial charge is 0.464 e. The van der Waals surface area contributed by atoms with Gasteiger partial charge in [-0.3, -0.25) is 0 Å². The molecule has 6 nitrogen and oxygen atoms in total. The Morgan fingerprint density at radius 2 is 2.16 bits per heavy atom. The van der Waals surface area contributed by atoms with Crippen molar-refractivity contribution in [2.75, 3.05) is 19.1 Å². The van der Waals surface area contributed by atoms with E-state index in [1.54, 1.807) is 0 Å². The molecule has 0 bridgehead atoms. The minimum Gasteiger partial charge on any atom is -0.464 e. The van der Waals surface area contributed by atoms with Crippen LogP contribution in [0.2, 0.25) is 0 Å². The molecule has 2 heterocycles. The molecule has 0 saturated carbocycles. The van der Waals surface area contributed by atoms with Gasteiger partial charge >= 0.3 is 5.97 Å². The van der Waals surface area contributed by atoms with Crippen molar-refractivity contribution >= 4 is 11.8 Å². The number of esters is 1. The molecule has 0 aliphatic rings. The van der Waals surface area contributed by atoms with Crippen molar-refractivity contribution in [2.45, 2.75) is 13.5 Å². The highest BCUT2D eigenvalue weighted by atomic mass is 16.5. The highest BCUT2D eigenvalue weighted by Gasteiger charge is 2.10. The monoisotopic (exact) mass is 261 g/mol. The second-order valence-electron chi connectivity index (χ2n) is 4.12. The van der Waals surface area contributed by atoms with Crippen LogP contribution < -0.4 is 4.90 Å². The van der Waals surface area contributed by atoms with E-state index in [0.717, 1.165) is 11.5 Å². The van der Waals surface area contributed by atoms with Crippen LogP contribution in [0.15, 0.2) is 28.9 Å². The first-order chi connectivity index (χ1) is 9.10. The summed E-state index contributed by atoms with van der Waals surface area (Å²) < 4.78 is 10.1. The molecule has 0 amide bonds. The average molecular weight is 261 g/mol. The van der Waals surface area contributed by atoms with E-state index in [1.165, 1.54) is 19.5 Å². The summed E-state index contributed by atoms with van der Waals surface area (Å²) in [6.45, 7) is 2.48. The molecule has 0 aliphatic heterocycles. The van der Waals surface area contributed by atoms with Gasteiger partial charge in [0.2, 0.25) is 0 Å². The van der Waals surface area contributed by atoms with Crippen LogP contribution in [0.4, 0.5) is 5.82 Å². The van der Waals surface area contributed by atoms with E-state index in [1.807, 2.05) is 31.0 Å². The molecule has 0 radical (unpaired) electrons. The molecule has 0 spiro atoms. The van der Waals surface area contributed by atoms with Gasteiger partial charge in [0.15, 0.2) is 5.69 Å². The Balaban J connectivity index is 2.07. The molecule has 2 aromatic rings. The molecular formula is C13H15N3O3. The predicted octanol–water partition coefficient (Wildman–Crippen LogP) is 1.80. The van der Waals surface area contributed by atoms with E-state index in [0.29, 0.717) is 12.4 Å². The molecule has 2 rings (SSSR count). The van der Waals surface area contributed by atoms with Crippen LogP contribution in [0.5, 0.6) is 0 Å². The van der Waals surface area contributed by atoms with Gasteiger partial charge in [0.05, 0.1) is 26.0 Å². The van der Waals surface area contributed by atoms with E-state index < -0.39 is 5.97 Å². The predicted molar refractivity (Wildman–Crippen MR) is 68.9 cm³/mol. The summed E-state index contributed by atoms with van der Waals surface area (Å²) in [5.41, 5.74) is 0.188. The first kappa shape index (κ1) is 13.1. The maximum Gasteiger partial charge on any atom is 0.358 e. The Kier molecular flexibility index (Phi) is 3.79. The standard InChI is InChI=1S/C13H15N3O3/c1-9-4-5-10(19-9)8-16(2)12-7-14-11(6-15-12)13(17)18-3/h4-7H,8H2,1-3H3. The summed E-state index contributed by atoms with van der Waals surface area (Å²) in [5.74, 6) is 1.87. The van der Waals surface area contributed by atoms with Gasteiger partial charge in [-0.25, -0.2) is 14.8 Å². The molecule has 0 fully saturated rings. The quantitative estimate of drug-likeness (QED) is 0.782. The number of aromatic nitrogens is 2. The molecule has 6 heteroatoms. The van der Waals surface area contributed by atoms with Crippen LogP contribution >= 0.6 is 0 Å². The number of aryl methyl sites for hydroxylation is 1. The van der Waals surface area contributed by atoms with Gasteiger partial charge in [-0.15, -0.1) is 0 Å². The van der Waals surface area contributed by atoms with Crippen molar-refractivity contribution in [3.63, 3.8) is 0 Å². The van der Waals surface area contributed by atoms with Crippen LogP contribution in [0.1, 0.15) is 22.0 Å². The highest BCUT2D eigenvalue weighted by molar-refractivity contribution is 5.86. The van der Waals surface area contributed by atoms with E-state index in [-0.39, 0.29) is 5.69 Å². The summed E-state index contributed by atoms with van der Waals surface area (Å²) in [4.78, 5) is 21.3. The third-order valence-electron chi connectivity index (χ3n) is 2.61. The summed E-state index contributed by atoms with van der Waals surface area (Å²) in [7, 11) is 3.18. The van der Waals surface area contributed by atoms with E-state index in [4.69, 9.17) is 4.42 Å². The maximum absolute atomic E-state index is 11.2. The van der Waals surface area contributed by atoms with Crippen molar-refractivity contribution in [3.8, 4) is 0 Å². The Morgan fingerprint density at radius 3 is 2.68 bits per heavy atom. The Bertz CT molecular complexity index is 563. The minimum atomic E-state index is -0.497. The summed E-state index contributed by atoms with van der Waals surface area (Å²) in [6.07, 6.45) is 2.92. The third-order valence-corrected chi connectivity index (χ3v) is 2.61. The normalized spacial score (nSPS) is 10.3.